The molecule has 0 saturated carbocycles. The highest BCUT2D eigenvalue weighted by atomic mass is 32.2. The average molecular weight is 292 g/mol. The van der Waals surface area contributed by atoms with E-state index in [1.807, 2.05) is 4.72 Å². The average Bonchev–Trinajstić information content (AvgIpc) is 2.19. The summed E-state index contributed by atoms with van der Waals surface area (Å²) >= 11 is 0. The van der Waals surface area contributed by atoms with Crippen LogP contribution in [0.1, 0.15) is 19.3 Å². The summed E-state index contributed by atoms with van der Waals surface area (Å²) in [5.41, 5.74) is 0. The van der Waals surface area contributed by atoms with Crippen molar-refractivity contribution in [3.05, 3.63) is 0 Å². The molecular formula is C8H15F3N2O4S. The standard InChI is InChI=1S/C8H15F3N2O4S/c1-13(6-3-7(14)15)18(16,17)12-5-2-4-8(9,10)11/h12H,2-6H2,1H3,(H,14,15). The van der Waals surface area contributed by atoms with Gasteiger partial charge in [-0.1, -0.05) is 0 Å². The molecule has 0 aromatic rings. The molecule has 10 heteroatoms. The molecule has 6 nitrogen and oxygen atoms in total. The molecular weight excluding hydrogens is 277 g/mol. The number of halogens is 3. The molecule has 108 valence electrons. The molecule has 2 N–H and O–H groups in total. The van der Waals surface area contributed by atoms with Crippen molar-refractivity contribution in [3.8, 4) is 0 Å². The first kappa shape index (κ1) is 17.1. The lowest BCUT2D eigenvalue weighted by molar-refractivity contribution is -0.137. The van der Waals surface area contributed by atoms with Gasteiger partial charge in [0.1, 0.15) is 0 Å². The maximum absolute atomic E-state index is 11.8. The zero-order valence-electron chi connectivity index (χ0n) is 9.70. The van der Waals surface area contributed by atoms with Gasteiger partial charge in [0.15, 0.2) is 0 Å². The third-order valence-corrected chi connectivity index (χ3v) is 3.54. The third kappa shape index (κ3) is 8.25. The Hall–Kier alpha value is -0.870. The number of carboxylic acids is 1. The summed E-state index contributed by atoms with van der Waals surface area (Å²) in [6.45, 7) is -0.594. The second-order valence-corrected chi connectivity index (χ2v) is 5.45. The van der Waals surface area contributed by atoms with E-state index < -0.39 is 28.8 Å². The van der Waals surface area contributed by atoms with Crippen molar-refractivity contribution in [1.29, 1.82) is 0 Å². The van der Waals surface area contributed by atoms with E-state index in [2.05, 4.69) is 0 Å². The fourth-order valence-electron chi connectivity index (χ4n) is 0.973. The Bertz CT molecular complexity index is 369. The van der Waals surface area contributed by atoms with Gasteiger partial charge in [-0.05, 0) is 6.42 Å². The monoisotopic (exact) mass is 292 g/mol. The van der Waals surface area contributed by atoms with Gasteiger partial charge in [-0.2, -0.15) is 25.9 Å². The fraction of sp³-hybridized carbons (Fsp3) is 0.875. The molecule has 0 radical (unpaired) electrons. The van der Waals surface area contributed by atoms with E-state index in [9.17, 15) is 26.4 Å². The summed E-state index contributed by atoms with van der Waals surface area (Å²) in [4.78, 5) is 10.2. The van der Waals surface area contributed by atoms with E-state index in [4.69, 9.17) is 5.11 Å². The summed E-state index contributed by atoms with van der Waals surface area (Å²) < 4.78 is 60.9. The van der Waals surface area contributed by atoms with Crippen LogP contribution in [0.4, 0.5) is 13.2 Å². The maximum Gasteiger partial charge on any atom is 0.389 e. The Kier molecular flexibility index (Phi) is 6.57. The molecule has 0 rings (SSSR count). The molecule has 0 atom stereocenters. The Morgan fingerprint density at radius 3 is 2.39 bits per heavy atom. The van der Waals surface area contributed by atoms with Gasteiger partial charge in [-0.15, -0.1) is 0 Å². The van der Waals surface area contributed by atoms with Crippen molar-refractivity contribution in [2.75, 3.05) is 20.1 Å². The van der Waals surface area contributed by atoms with Crippen LogP contribution in [-0.4, -0.2) is 50.1 Å². The van der Waals surface area contributed by atoms with Gasteiger partial charge in [-0.25, -0.2) is 4.72 Å². The predicted octanol–water partition coefficient (Wildman–Crippen LogP) is 0.570. The first-order valence-electron chi connectivity index (χ1n) is 5.04. The molecule has 0 amide bonds. The van der Waals surface area contributed by atoms with Crippen molar-refractivity contribution in [3.63, 3.8) is 0 Å². The second-order valence-electron chi connectivity index (χ2n) is 3.58. The van der Waals surface area contributed by atoms with Crippen LogP contribution < -0.4 is 4.72 Å². The summed E-state index contributed by atoms with van der Waals surface area (Å²) in [7, 11) is -2.77. The summed E-state index contributed by atoms with van der Waals surface area (Å²) in [6.07, 6.45) is -6.13. The van der Waals surface area contributed by atoms with Gasteiger partial charge in [0.25, 0.3) is 10.2 Å². The number of nitrogens with zero attached hydrogens (tertiary/aromatic N) is 1. The van der Waals surface area contributed by atoms with Gasteiger partial charge < -0.3 is 5.11 Å². The van der Waals surface area contributed by atoms with E-state index in [0.29, 0.717) is 0 Å². The van der Waals surface area contributed by atoms with E-state index in [-0.39, 0.29) is 25.9 Å². The normalized spacial score (nSPS) is 12.9. The highest BCUT2D eigenvalue weighted by Crippen LogP contribution is 2.20. The largest absolute Gasteiger partial charge is 0.481 e. The molecule has 0 aromatic carbocycles. The zero-order valence-corrected chi connectivity index (χ0v) is 10.5. The minimum atomic E-state index is -4.32. The molecule has 0 unspecified atom stereocenters. The van der Waals surface area contributed by atoms with Gasteiger partial charge in [0.2, 0.25) is 0 Å². The van der Waals surface area contributed by atoms with Gasteiger partial charge in [0.05, 0.1) is 6.42 Å². The number of carbonyl (C=O) groups is 1. The van der Waals surface area contributed by atoms with Crippen LogP contribution in [-0.2, 0) is 15.0 Å². The molecule has 0 saturated heterocycles. The summed E-state index contributed by atoms with van der Waals surface area (Å²) in [5.74, 6) is -1.16. The molecule has 0 heterocycles. The minimum absolute atomic E-state index is 0.246. The lowest BCUT2D eigenvalue weighted by Gasteiger charge is -2.16. The Balaban J connectivity index is 4.03. The third-order valence-electron chi connectivity index (χ3n) is 1.97. The van der Waals surface area contributed by atoms with Crippen molar-refractivity contribution in [1.82, 2.24) is 9.03 Å². The molecule has 0 aliphatic heterocycles. The van der Waals surface area contributed by atoms with Gasteiger partial charge >= 0.3 is 12.1 Å². The Labute approximate surface area is 103 Å². The molecule has 18 heavy (non-hydrogen) atoms. The van der Waals surface area contributed by atoms with Crippen LogP contribution in [0.5, 0.6) is 0 Å². The number of hydrogen-bond donors (Lipinski definition) is 2. The molecule has 0 bridgehead atoms. The number of alkyl halides is 3. The maximum atomic E-state index is 11.8. The number of rotatable bonds is 8. The van der Waals surface area contributed by atoms with Crippen LogP contribution >= 0.6 is 0 Å². The van der Waals surface area contributed by atoms with Gasteiger partial charge in [0, 0.05) is 26.6 Å². The van der Waals surface area contributed by atoms with Crippen LogP contribution in [0, 0.1) is 0 Å². The first-order chi connectivity index (χ1) is 8.04. The van der Waals surface area contributed by atoms with E-state index >= 15 is 0 Å². The molecule has 0 fully saturated rings. The number of carboxylic acid groups (broad SMARTS) is 1. The van der Waals surface area contributed by atoms with E-state index in [1.165, 1.54) is 0 Å². The van der Waals surface area contributed by atoms with Crippen molar-refractivity contribution in [2.24, 2.45) is 0 Å². The molecule has 0 spiro atoms. The first-order valence-corrected chi connectivity index (χ1v) is 6.48. The van der Waals surface area contributed by atoms with E-state index in [0.717, 1.165) is 11.4 Å². The van der Waals surface area contributed by atoms with Crippen LogP contribution in [0.2, 0.25) is 0 Å². The molecule has 0 aromatic heterocycles. The predicted molar refractivity (Wildman–Crippen MR) is 57.1 cm³/mol. The summed E-state index contributed by atoms with van der Waals surface area (Å²) in [6, 6.07) is 0. The van der Waals surface area contributed by atoms with E-state index in [1.54, 1.807) is 0 Å². The van der Waals surface area contributed by atoms with Crippen molar-refractivity contribution >= 4 is 16.2 Å². The SMILES string of the molecule is CN(CCC(=O)O)S(=O)(=O)NCCCC(F)(F)F. The Morgan fingerprint density at radius 1 is 1.39 bits per heavy atom. The minimum Gasteiger partial charge on any atom is -0.481 e. The quantitative estimate of drug-likeness (QED) is 0.640. The molecule has 0 aliphatic carbocycles. The lowest BCUT2D eigenvalue weighted by Crippen LogP contribution is -2.39. The zero-order chi connectivity index (χ0) is 14.4. The highest BCUT2D eigenvalue weighted by Gasteiger charge is 2.26. The number of nitrogens with one attached hydrogen (secondary N) is 1. The van der Waals surface area contributed by atoms with Crippen LogP contribution in [0.15, 0.2) is 0 Å². The smallest absolute Gasteiger partial charge is 0.389 e. The molecule has 0 aliphatic rings. The number of aliphatic carboxylic acids is 1. The second kappa shape index (κ2) is 6.90. The van der Waals surface area contributed by atoms with Crippen LogP contribution in [0.25, 0.3) is 0 Å². The summed E-state index contributed by atoms with van der Waals surface area (Å²) in [5, 5.41) is 8.36. The van der Waals surface area contributed by atoms with Crippen molar-refractivity contribution in [2.45, 2.75) is 25.4 Å². The topological polar surface area (TPSA) is 86.7 Å². The van der Waals surface area contributed by atoms with Crippen molar-refractivity contribution < 1.29 is 31.5 Å². The van der Waals surface area contributed by atoms with Gasteiger partial charge in [-0.3, -0.25) is 4.79 Å². The highest BCUT2D eigenvalue weighted by molar-refractivity contribution is 7.87. The lowest BCUT2D eigenvalue weighted by atomic mass is 10.3. The number of hydrogen-bond acceptors (Lipinski definition) is 3. The van der Waals surface area contributed by atoms with Crippen LogP contribution in [0.3, 0.4) is 0 Å². The Morgan fingerprint density at radius 2 is 1.94 bits per heavy atom. The fourth-order valence-corrected chi connectivity index (χ4v) is 1.93.